The Labute approximate surface area is 645 Å². The normalized spacial score (nSPS) is 14.9. The number of aliphatic imine (C=N–C) groups is 1. The molecule has 0 radical (unpaired) electrons. The molecule has 10 aromatic rings. The van der Waals surface area contributed by atoms with E-state index in [0.29, 0.717) is 58.4 Å². The summed E-state index contributed by atoms with van der Waals surface area (Å²) in [4.78, 5) is 27.6. The van der Waals surface area contributed by atoms with Crippen LogP contribution in [0.25, 0.3) is 10.9 Å². The van der Waals surface area contributed by atoms with E-state index in [1.807, 2.05) is 48.4 Å². The van der Waals surface area contributed by atoms with Crippen LogP contribution < -0.4 is 21.7 Å². The summed E-state index contributed by atoms with van der Waals surface area (Å²) < 4.78 is 20.7. The minimum absolute atomic E-state index is 0. The molecule has 9 aromatic carbocycles. The topological polar surface area (TPSA) is 87.3 Å². The highest BCUT2D eigenvalue weighted by molar-refractivity contribution is 7.98. The fourth-order valence-corrected chi connectivity index (χ4v) is 22.2. The van der Waals surface area contributed by atoms with Crippen LogP contribution in [-0.2, 0) is 50.6 Å². The molecule has 104 heavy (non-hydrogen) atoms. The zero-order valence-electron chi connectivity index (χ0n) is 61.0. The van der Waals surface area contributed by atoms with Gasteiger partial charge in [-0.25, -0.2) is 4.39 Å². The maximum Gasteiger partial charge on any atom is 0.211 e. The lowest BCUT2D eigenvalue weighted by atomic mass is 9.84. The second kappa shape index (κ2) is 47.6. The number of carbonyl (C=O) groups excluding carboxylic acids is 1. The van der Waals surface area contributed by atoms with Crippen LogP contribution in [0.5, 0.6) is 5.75 Å². The number of Topliss-reactive ketones (excluding diaryl/α,β-unsaturated/α-hetero) is 1. The first kappa shape index (κ1) is 84.4. The Bertz CT molecular complexity index is 3880. The Morgan fingerprint density at radius 3 is 1.41 bits per heavy atom. The van der Waals surface area contributed by atoms with Gasteiger partial charge in [0.05, 0.1) is 64.9 Å². The lowest BCUT2D eigenvalue weighted by Crippen LogP contribution is -3.00. The molecule has 0 bridgehead atoms. The van der Waals surface area contributed by atoms with Crippen LogP contribution in [0.3, 0.4) is 0 Å². The van der Waals surface area contributed by atoms with Crippen LogP contribution in [0.1, 0.15) is 138 Å². The number of carbonyl (C=O) groups is 1. The number of hydrogen-bond donors (Lipinski definition) is 2. The van der Waals surface area contributed by atoms with Crippen LogP contribution in [-0.4, -0.2) is 100 Å². The van der Waals surface area contributed by atoms with E-state index in [0.717, 1.165) is 28.9 Å². The minimum atomic E-state index is -0.285. The van der Waals surface area contributed by atoms with Gasteiger partial charge in [-0.15, -0.1) is 0 Å². The van der Waals surface area contributed by atoms with Crippen molar-refractivity contribution in [1.82, 2.24) is 9.47 Å². The largest absolute Gasteiger partial charge is 1.00 e. The number of allylic oxidation sites excluding steroid dienone is 1. The molecule has 2 aliphatic carbocycles. The van der Waals surface area contributed by atoms with Crippen molar-refractivity contribution < 1.29 is 41.1 Å². The number of aliphatic hydroxyl groups excluding tert-OH is 2. The second-order valence-electron chi connectivity index (χ2n) is 26.5. The number of nitrogens with zero attached hydrogens (tertiary/aromatic N) is 3. The van der Waals surface area contributed by atoms with Crippen LogP contribution >= 0.6 is 0 Å². The third-order valence-electron chi connectivity index (χ3n) is 18.8. The van der Waals surface area contributed by atoms with Crippen molar-refractivity contribution in [1.29, 1.82) is 0 Å². The first-order chi connectivity index (χ1) is 50.1. The maximum absolute atomic E-state index is 13.5. The Morgan fingerprint density at radius 1 is 0.558 bits per heavy atom. The van der Waals surface area contributed by atoms with Crippen LogP contribution in [0.2, 0.25) is 0 Å². The Hall–Kier alpha value is -6.91. The number of fused-ring (bicyclic) bond motifs is 1. The van der Waals surface area contributed by atoms with Gasteiger partial charge in [0.1, 0.15) is 34.6 Å². The van der Waals surface area contributed by atoms with Gasteiger partial charge in [-0.3, -0.25) is 9.79 Å². The number of aliphatic hydroxyl groups is 2. The number of halogens is 2. The number of ketones is 1. The first-order valence-corrected chi connectivity index (χ1v) is 42.6. The maximum atomic E-state index is 13.5. The fourth-order valence-electron chi connectivity index (χ4n) is 13.2. The highest BCUT2D eigenvalue weighted by Crippen LogP contribution is 2.37. The van der Waals surface area contributed by atoms with Crippen molar-refractivity contribution in [2.24, 2.45) is 18.0 Å². The second-order valence-corrected chi connectivity index (χ2v) is 35.1. The van der Waals surface area contributed by atoms with Gasteiger partial charge >= 0.3 is 0 Å². The molecule has 0 unspecified atom stereocenters. The molecule has 0 amide bonds. The van der Waals surface area contributed by atoms with Crippen molar-refractivity contribution in [3.05, 3.63) is 290 Å². The number of hydrogen-bond acceptors (Lipinski definition) is 6. The van der Waals surface area contributed by atoms with Gasteiger partial charge in [-0.1, -0.05) is 217 Å². The van der Waals surface area contributed by atoms with E-state index in [1.54, 1.807) is 23.2 Å². The van der Waals surface area contributed by atoms with Crippen LogP contribution in [0.15, 0.2) is 306 Å². The van der Waals surface area contributed by atoms with Gasteiger partial charge in [0, 0.05) is 60.8 Å². The smallest absolute Gasteiger partial charge is 0.211 e. The quantitative estimate of drug-likeness (QED) is 0.0701. The number of aryl methyl sites for hydroxylation is 1. The zero-order chi connectivity index (χ0) is 71.4. The van der Waals surface area contributed by atoms with Crippen molar-refractivity contribution in [3.63, 3.8) is 0 Å². The van der Waals surface area contributed by atoms with E-state index >= 15 is 0 Å². The predicted molar refractivity (Wildman–Crippen MR) is 442 cm³/mol. The molecule has 1 aromatic heterocycles. The number of ether oxygens (including phenoxy) is 1. The van der Waals surface area contributed by atoms with Crippen molar-refractivity contribution in [3.8, 4) is 5.75 Å². The molecule has 7 nitrogen and oxygen atoms in total. The minimum Gasteiger partial charge on any atom is -1.00 e. The summed E-state index contributed by atoms with van der Waals surface area (Å²) in [6.45, 7) is 3.97. The van der Waals surface area contributed by atoms with Crippen molar-refractivity contribution >= 4 is 66.0 Å². The number of methoxy groups -OCH3 is 1. The summed E-state index contributed by atoms with van der Waals surface area (Å²) in [6.07, 6.45) is 26.5. The average Bonchev–Trinajstić information content (AvgIpc) is 1.85. The third-order valence-corrected chi connectivity index (χ3v) is 28.2. The number of rotatable bonds is 17. The standard InChI is InChI=1S/C24H25S.C18H15S.C13H16NS.C12H15OS.C11H10FNO.C7H14.C5H13NO2.CH4.BrH/c1-4-10-20(11-5-1)21-16-18-24(19-17-21)25(22-12-6-2-7-13-22)23-14-8-3-9-15-23;1-4-10-16(11-5-1)19(17-12-6-2-7-13-17)18-14-8-3-9-15-18;1-14-10-13(15-8-4-5-9-15)11-6-2-3-7-12(11)14;13-12(10-14-8-4-5-9-14)11-6-2-1-3-7-11;1-14-8-4-5-9(10(12)7-8)11-3-2-6-13-11;1-7-5-3-2-4-6-7;1-6(2-4-7)3-5-8;;/h2-3,6-9,12-20H,1,4-5,10-11H2;1-15H;2-3,6-7,10H,4-5,8-9H2,1H3;1-3,6-7H,4-5,8-10H2;2,4-7H,3H2,1H3;7H,2-6H2,1H3;7-8H,2-5H2,1H3;1H4;1H/q4*+1;;;;;/p-1. The molecule has 4 fully saturated rings. The fraction of sp³-hybridized carbons (Fsp3) is 0.341. The van der Waals surface area contributed by atoms with E-state index in [-0.39, 0.29) is 65.2 Å². The lowest BCUT2D eigenvalue weighted by Gasteiger charge is -2.22. The molecule has 2 N–H and O–H groups in total. The molecule has 15 rings (SSSR count). The molecule has 2 saturated heterocycles. The Balaban J connectivity index is 0.000000175. The van der Waals surface area contributed by atoms with Crippen molar-refractivity contribution in [2.75, 3.05) is 69.2 Å². The molecule has 2 saturated carbocycles. The molecule has 0 atom stereocenters. The summed E-state index contributed by atoms with van der Waals surface area (Å²) in [5.41, 5.74) is 5.12. The molecular weight excluding hydrogens is 1430 g/mol. The number of benzene rings is 9. The van der Waals surface area contributed by atoms with Gasteiger partial charge in [-0.05, 0) is 171 Å². The Morgan fingerprint density at radius 2 is 0.990 bits per heavy atom. The predicted octanol–water partition coefficient (Wildman–Crippen LogP) is 18.5. The van der Waals surface area contributed by atoms with E-state index in [1.165, 1.54) is 172 Å². The average molecular weight is 1540 g/mol. The molecule has 4 heterocycles. The zero-order valence-corrected chi connectivity index (χ0v) is 65.8. The van der Waals surface area contributed by atoms with Crippen molar-refractivity contribution in [2.45, 2.75) is 151 Å². The SMILES string of the molecule is C.CC1CCCCC1.CN(CCO)CCO.COc1ccc(C2=NC=CC2)c(F)c1.Cn1cc([S+]2CCCC2)c2ccccc21.O=C(C[S+]1CCCC1)c1ccccc1.[Br-].c1ccc([S+](c2ccccc2)c2ccc(C3CCCCC3)cc2)cc1.c1ccc([S+](c2ccccc2)c2ccccc2)cc1. The monoisotopic (exact) mass is 1540 g/mol. The summed E-state index contributed by atoms with van der Waals surface area (Å²) in [6, 6.07) is 86.7. The van der Waals surface area contributed by atoms with Gasteiger partial charge in [0.2, 0.25) is 5.78 Å². The molecule has 5 aliphatic rings. The molecular formula is C91H112BrFN3O4S4+3. The van der Waals surface area contributed by atoms with E-state index < -0.39 is 0 Å². The number of likely N-dealkylation sites (N-methyl/N-ethyl adjacent to an activating group) is 1. The summed E-state index contributed by atoms with van der Waals surface area (Å²) in [7, 11) is 6.41. The molecule has 550 valence electrons. The van der Waals surface area contributed by atoms with Crippen LogP contribution in [0, 0.1) is 11.7 Å². The molecule has 0 spiro atoms. The third kappa shape index (κ3) is 27.1. The number of para-hydroxylation sites is 1. The summed E-state index contributed by atoms with van der Waals surface area (Å²) in [5.74, 6) is 8.54. The van der Waals surface area contributed by atoms with E-state index in [9.17, 15) is 9.18 Å². The lowest BCUT2D eigenvalue weighted by molar-refractivity contribution is -0.0000319. The molecule has 3 aliphatic heterocycles. The highest BCUT2D eigenvalue weighted by atomic mass is 79.9. The first-order valence-electron chi connectivity index (χ1n) is 36.8. The summed E-state index contributed by atoms with van der Waals surface area (Å²) >= 11 is 0. The Kier molecular flexibility index (Phi) is 38.6. The highest BCUT2D eigenvalue weighted by Gasteiger charge is 2.32. The van der Waals surface area contributed by atoms with Gasteiger partial charge in [-0.2, -0.15) is 0 Å². The van der Waals surface area contributed by atoms with E-state index in [2.05, 4.69) is 230 Å². The van der Waals surface area contributed by atoms with Gasteiger partial charge in [0.15, 0.2) is 40.0 Å². The van der Waals surface area contributed by atoms with Gasteiger partial charge < -0.3 is 41.4 Å². The van der Waals surface area contributed by atoms with E-state index in [4.69, 9.17) is 14.9 Å². The molecule has 13 heteroatoms. The van der Waals surface area contributed by atoms with Crippen LogP contribution in [0.4, 0.5) is 4.39 Å². The van der Waals surface area contributed by atoms with Gasteiger partial charge in [0.25, 0.3) is 0 Å². The summed E-state index contributed by atoms with van der Waals surface area (Å²) in [5, 5.41) is 18.2. The number of aromatic nitrogens is 1.